The predicted octanol–water partition coefficient (Wildman–Crippen LogP) is 5.75. The number of carbonyl (C=O) groups is 1. The Morgan fingerprint density at radius 3 is 2.52 bits per heavy atom. The van der Waals surface area contributed by atoms with Crippen molar-refractivity contribution in [2.75, 3.05) is 5.32 Å². The highest BCUT2D eigenvalue weighted by atomic mass is 35.5. The van der Waals surface area contributed by atoms with E-state index in [1.165, 1.54) is 11.1 Å². The van der Waals surface area contributed by atoms with Gasteiger partial charge in [-0.15, -0.1) is 0 Å². The van der Waals surface area contributed by atoms with Gasteiger partial charge in [-0.3, -0.25) is 4.79 Å². The Hall–Kier alpha value is -2.62. The highest BCUT2D eigenvalue weighted by Gasteiger charge is 2.11. The van der Waals surface area contributed by atoms with E-state index in [9.17, 15) is 4.79 Å². The molecular formula is C23H23ClN2O. The minimum atomic E-state index is -0.209. The van der Waals surface area contributed by atoms with E-state index in [-0.39, 0.29) is 11.9 Å². The van der Waals surface area contributed by atoms with Crippen molar-refractivity contribution in [3.8, 4) is 0 Å². The lowest BCUT2D eigenvalue weighted by Gasteiger charge is -2.17. The molecule has 0 spiro atoms. The summed E-state index contributed by atoms with van der Waals surface area (Å²) in [4.78, 5) is 12.4. The van der Waals surface area contributed by atoms with Crippen LogP contribution in [0.25, 0.3) is 0 Å². The van der Waals surface area contributed by atoms with Gasteiger partial charge in [0.05, 0.1) is 10.6 Å². The van der Waals surface area contributed by atoms with Crippen LogP contribution >= 0.6 is 11.6 Å². The van der Waals surface area contributed by atoms with Crippen LogP contribution in [0.1, 0.15) is 40.0 Å². The van der Waals surface area contributed by atoms with Crippen molar-refractivity contribution in [3.63, 3.8) is 0 Å². The van der Waals surface area contributed by atoms with Crippen LogP contribution in [0.15, 0.2) is 72.8 Å². The second-order valence-electron chi connectivity index (χ2n) is 6.59. The van der Waals surface area contributed by atoms with Gasteiger partial charge in [0.25, 0.3) is 5.91 Å². The second kappa shape index (κ2) is 8.85. The third-order valence-corrected chi connectivity index (χ3v) is 4.90. The number of rotatable bonds is 6. The van der Waals surface area contributed by atoms with Gasteiger partial charge in [-0.05, 0) is 54.8 Å². The Balaban J connectivity index is 1.65. The molecule has 0 saturated heterocycles. The fraction of sp³-hybridized carbons (Fsp3) is 0.174. The lowest BCUT2D eigenvalue weighted by Crippen LogP contribution is -2.19. The lowest BCUT2D eigenvalue weighted by atomic mass is 10.0. The smallest absolute Gasteiger partial charge is 0.257 e. The summed E-state index contributed by atoms with van der Waals surface area (Å²) in [7, 11) is 0. The van der Waals surface area contributed by atoms with E-state index in [0.717, 1.165) is 11.3 Å². The van der Waals surface area contributed by atoms with E-state index < -0.39 is 0 Å². The molecule has 3 rings (SSSR count). The van der Waals surface area contributed by atoms with E-state index in [2.05, 4.69) is 48.7 Å². The highest BCUT2D eigenvalue weighted by Crippen LogP contribution is 2.20. The minimum Gasteiger partial charge on any atom is -0.322 e. The topological polar surface area (TPSA) is 41.1 Å². The zero-order chi connectivity index (χ0) is 19.2. The Bertz CT molecular complexity index is 939. The number of hydrogen-bond acceptors (Lipinski definition) is 2. The Labute approximate surface area is 165 Å². The van der Waals surface area contributed by atoms with Crippen molar-refractivity contribution in [3.05, 3.63) is 100 Å². The molecule has 27 heavy (non-hydrogen) atoms. The van der Waals surface area contributed by atoms with Gasteiger partial charge in [0.2, 0.25) is 0 Å². The quantitative estimate of drug-likeness (QED) is 0.573. The molecule has 3 nitrogen and oxygen atoms in total. The first-order valence-corrected chi connectivity index (χ1v) is 9.36. The van der Waals surface area contributed by atoms with Crippen LogP contribution in [0.3, 0.4) is 0 Å². The van der Waals surface area contributed by atoms with Gasteiger partial charge in [-0.1, -0.05) is 60.1 Å². The highest BCUT2D eigenvalue weighted by molar-refractivity contribution is 6.34. The predicted molar refractivity (Wildman–Crippen MR) is 112 cm³/mol. The third kappa shape index (κ3) is 4.97. The van der Waals surface area contributed by atoms with Crippen LogP contribution in [0.4, 0.5) is 5.69 Å². The molecule has 0 bridgehead atoms. The van der Waals surface area contributed by atoms with Crippen LogP contribution < -0.4 is 10.6 Å². The van der Waals surface area contributed by atoms with Crippen molar-refractivity contribution in [2.24, 2.45) is 0 Å². The molecule has 0 heterocycles. The van der Waals surface area contributed by atoms with Crippen LogP contribution in [0.5, 0.6) is 0 Å². The van der Waals surface area contributed by atoms with E-state index in [1.807, 2.05) is 24.3 Å². The van der Waals surface area contributed by atoms with Gasteiger partial charge < -0.3 is 10.6 Å². The van der Waals surface area contributed by atoms with E-state index >= 15 is 0 Å². The molecule has 3 aromatic rings. The van der Waals surface area contributed by atoms with Gasteiger partial charge >= 0.3 is 0 Å². The molecule has 0 saturated carbocycles. The van der Waals surface area contributed by atoms with Crippen LogP contribution in [-0.2, 0) is 6.54 Å². The number of amides is 1. The Morgan fingerprint density at radius 1 is 1.00 bits per heavy atom. The molecule has 0 radical (unpaired) electrons. The molecular weight excluding hydrogens is 356 g/mol. The number of nitrogens with one attached hydrogen (secondary N) is 2. The molecule has 1 amide bonds. The SMILES string of the molecule is Cc1ccccc1[C@H](C)NCc1cccc(NC(=O)c2ccccc2Cl)c1. The molecule has 0 aliphatic rings. The number of anilines is 1. The summed E-state index contributed by atoms with van der Waals surface area (Å²) in [5.41, 5.74) is 4.89. The van der Waals surface area contributed by atoms with Gasteiger partial charge in [-0.25, -0.2) is 0 Å². The second-order valence-corrected chi connectivity index (χ2v) is 7.00. The first-order chi connectivity index (χ1) is 13.0. The van der Waals surface area contributed by atoms with Gasteiger partial charge in [0.1, 0.15) is 0 Å². The number of aryl methyl sites for hydroxylation is 1. The van der Waals surface area contributed by atoms with E-state index in [1.54, 1.807) is 24.3 Å². The number of halogens is 1. The zero-order valence-corrected chi connectivity index (χ0v) is 16.3. The van der Waals surface area contributed by atoms with Crippen molar-refractivity contribution in [1.29, 1.82) is 0 Å². The number of carbonyl (C=O) groups excluding carboxylic acids is 1. The molecule has 138 valence electrons. The van der Waals surface area contributed by atoms with Crippen molar-refractivity contribution in [1.82, 2.24) is 5.32 Å². The minimum absolute atomic E-state index is 0.209. The molecule has 4 heteroatoms. The number of hydrogen-bond donors (Lipinski definition) is 2. The molecule has 0 aromatic heterocycles. The average molecular weight is 379 g/mol. The Kier molecular flexibility index (Phi) is 6.28. The monoisotopic (exact) mass is 378 g/mol. The van der Waals surface area contributed by atoms with Gasteiger partial charge in [-0.2, -0.15) is 0 Å². The van der Waals surface area contributed by atoms with Crippen molar-refractivity contribution in [2.45, 2.75) is 26.4 Å². The van der Waals surface area contributed by atoms with Crippen molar-refractivity contribution >= 4 is 23.2 Å². The summed E-state index contributed by atoms with van der Waals surface area (Å²) in [6, 6.07) is 23.5. The van der Waals surface area contributed by atoms with Gasteiger partial charge in [0, 0.05) is 18.3 Å². The van der Waals surface area contributed by atoms with E-state index in [0.29, 0.717) is 17.1 Å². The van der Waals surface area contributed by atoms with Crippen LogP contribution in [-0.4, -0.2) is 5.91 Å². The summed E-state index contributed by atoms with van der Waals surface area (Å²) in [5, 5.41) is 6.90. The van der Waals surface area contributed by atoms with Crippen LogP contribution in [0.2, 0.25) is 5.02 Å². The first kappa shape index (κ1) is 19.2. The molecule has 2 N–H and O–H groups in total. The summed E-state index contributed by atoms with van der Waals surface area (Å²) < 4.78 is 0. The third-order valence-electron chi connectivity index (χ3n) is 4.57. The zero-order valence-electron chi connectivity index (χ0n) is 15.5. The maximum atomic E-state index is 12.4. The maximum Gasteiger partial charge on any atom is 0.257 e. The summed E-state index contributed by atoms with van der Waals surface area (Å²) >= 11 is 6.10. The largest absolute Gasteiger partial charge is 0.322 e. The molecule has 0 unspecified atom stereocenters. The Morgan fingerprint density at radius 2 is 1.74 bits per heavy atom. The summed E-state index contributed by atoms with van der Waals surface area (Å²) in [6.45, 7) is 5.00. The van der Waals surface area contributed by atoms with Crippen molar-refractivity contribution < 1.29 is 4.79 Å². The standard InChI is InChI=1S/C23H23ClN2O/c1-16-8-3-4-11-20(16)17(2)25-15-18-9-7-10-19(14-18)26-23(27)21-12-5-6-13-22(21)24/h3-14,17,25H,15H2,1-2H3,(H,26,27)/t17-/m0/s1. The maximum absolute atomic E-state index is 12.4. The normalized spacial score (nSPS) is 11.8. The van der Waals surface area contributed by atoms with Gasteiger partial charge in [0.15, 0.2) is 0 Å². The van der Waals surface area contributed by atoms with E-state index in [4.69, 9.17) is 11.6 Å². The molecule has 3 aromatic carbocycles. The fourth-order valence-electron chi connectivity index (χ4n) is 3.06. The molecule has 1 atom stereocenters. The number of benzene rings is 3. The van der Waals surface area contributed by atoms with Crippen LogP contribution in [0, 0.1) is 6.92 Å². The fourth-order valence-corrected chi connectivity index (χ4v) is 3.28. The summed E-state index contributed by atoms with van der Waals surface area (Å²) in [5.74, 6) is -0.209. The summed E-state index contributed by atoms with van der Waals surface area (Å²) in [6.07, 6.45) is 0. The first-order valence-electron chi connectivity index (χ1n) is 8.98. The molecule has 0 aliphatic heterocycles. The average Bonchev–Trinajstić information content (AvgIpc) is 2.67. The molecule has 0 fully saturated rings. The molecule has 0 aliphatic carbocycles. The lowest BCUT2D eigenvalue weighted by molar-refractivity contribution is 0.102.